The summed E-state index contributed by atoms with van der Waals surface area (Å²) in [6.45, 7) is 3.80. The van der Waals surface area contributed by atoms with E-state index in [1.54, 1.807) is 13.8 Å². The lowest BCUT2D eigenvalue weighted by Gasteiger charge is -2.19. The van der Waals surface area contributed by atoms with Crippen LogP contribution in [0.4, 0.5) is 4.79 Å². The minimum absolute atomic E-state index is 0.117. The molecule has 0 radical (unpaired) electrons. The second kappa shape index (κ2) is 5.51. The Bertz CT molecular complexity index is 330. The third kappa shape index (κ3) is 3.93. The molecule has 96 valence electrons. The van der Waals surface area contributed by atoms with Crippen molar-refractivity contribution in [1.82, 2.24) is 16.0 Å². The molecule has 1 saturated heterocycles. The van der Waals surface area contributed by atoms with Crippen molar-refractivity contribution < 1.29 is 19.5 Å². The van der Waals surface area contributed by atoms with Gasteiger partial charge in [-0.3, -0.25) is 4.79 Å². The van der Waals surface area contributed by atoms with E-state index in [4.69, 9.17) is 5.11 Å². The molecule has 1 aliphatic rings. The molecule has 1 fully saturated rings. The van der Waals surface area contributed by atoms with Crippen molar-refractivity contribution in [3.8, 4) is 0 Å². The Kier molecular flexibility index (Phi) is 4.30. The van der Waals surface area contributed by atoms with Gasteiger partial charge >= 0.3 is 12.0 Å². The molecule has 7 nitrogen and oxygen atoms in total. The van der Waals surface area contributed by atoms with Gasteiger partial charge in [0.1, 0.15) is 6.04 Å². The number of hydrogen-bond donors (Lipinski definition) is 4. The molecule has 17 heavy (non-hydrogen) atoms. The minimum Gasteiger partial charge on any atom is -0.480 e. The van der Waals surface area contributed by atoms with Gasteiger partial charge in [0.25, 0.3) is 0 Å². The van der Waals surface area contributed by atoms with Crippen molar-refractivity contribution in [2.45, 2.75) is 32.4 Å². The van der Waals surface area contributed by atoms with Gasteiger partial charge in [-0.25, -0.2) is 9.59 Å². The Morgan fingerprint density at radius 3 is 2.53 bits per heavy atom. The second-order valence-corrected chi connectivity index (χ2v) is 4.38. The lowest BCUT2D eigenvalue weighted by Crippen LogP contribution is -2.51. The maximum atomic E-state index is 11.5. The molecule has 0 aromatic carbocycles. The van der Waals surface area contributed by atoms with Gasteiger partial charge < -0.3 is 21.1 Å². The highest BCUT2D eigenvalue weighted by Crippen LogP contribution is 2.02. The fourth-order valence-corrected chi connectivity index (χ4v) is 1.59. The number of rotatable bonds is 4. The van der Waals surface area contributed by atoms with E-state index in [2.05, 4.69) is 16.0 Å². The third-order valence-electron chi connectivity index (χ3n) is 2.53. The van der Waals surface area contributed by atoms with E-state index in [0.717, 1.165) is 0 Å². The van der Waals surface area contributed by atoms with Crippen molar-refractivity contribution in [3.05, 3.63) is 0 Å². The first-order valence-corrected chi connectivity index (χ1v) is 5.46. The molecule has 7 heteroatoms. The highest BCUT2D eigenvalue weighted by molar-refractivity contribution is 5.84. The number of carbonyl (C=O) groups excluding carboxylic acids is 2. The van der Waals surface area contributed by atoms with Crippen molar-refractivity contribution in [3.63, 3.8) is 0 Å². The van der Waals surface area contributed by atoms with Crippen LogP contribution < -0.4 is 16.0 Å². The summed E-state index contributed by atoms with van der Waals surface area (Å²) in [5.41, 5.74) is 0. The Balaban J connectivity index is 2.42. The largest absolute Gasteiger partial charge is 0.480 e. The number of carbonyl (C=O) groups is 3. The van der Waals surface area contributed by atoms with Gasteiger partial charge in [0, 0.05) is 13.0 Å². The second-order valence-electron chi connectivity index (χ2n) is 4.38. The monoisotopic (exact) mass is 243 g/mol. The zero-order valence-electron chi connectivity index (χ0n) is 9.82. The maximum absolute atomic E-state index is 11.5. The van der Waals surface area contributed by atoms with Gasteiger partial charge in [0.2, 0.25) is 5.91 Å². The van der Waals surface area contributed by atoms with Gasteiger partial charge in [-0.05, 0) is 5.92 Å². The van der Waals surface area contributed by atoms with Gasteiger partial charge in [0.15, 0.2) is 0 Å². The highest BCUT2D eigenvalue weighted by atomic mass is 16.4. The van der Waals surface area contributed by atoms with E-state index < -0.39 is 18.0 Å². The lowest BCUT2D eigenvalue weighted by atomic mass is 10.1. The van der Waals surface area contributed by atoms with Gasteiger partial charge in [-0.2, -0.15) is 0 Å². The summed E-state index contributed by atoms with van der Waals surface area (Å²) < 4.78 is 0. The SMILES string of the molecule is CC(C)C(NC(=O)NC1CNC(=O)C1)C(=O)O. The highest BCUT2D eigenvalue weighted by Gasteiger charge is 2.27. The normalized spacial score (nSPS) is 20.9. The molecule has 1 aliphatic heterocycles. The molecule has 0 aromatic rings. The van der Waals surface area contributed by atoms with E-state index in [9.17, 15) is 14.4 Å². The van der Waals surface area contributed by atoms with Crippen molar-refractivity contribution >= 4 is 17.9 Å². The Morgan fingerprint density at radius 1 is 1.47 bits per heavy atom. The summed E-state index contributed by atoms with van der Waals surface area (Å²) in [7, 11) is 0. The minimum atomic E-state index is -1.07. The van der Waals surface area contributed by atoms with Gasteiger partial charge in [-0.15, -0.1) is 0 Å². The maximum Gasteiger partial charge on any atom is 0.326 e. The van der Waals surface area contributed by atoms with Gasteiger partial charge in [-0.1, -0.05) is 13.8 Å². The van der Waals surface area contributed by atoms with Crippen molar-refractivity contribution in [2.75, 3.05) is 6.54 Å². The standard InChI is InChI=1S/C10H17N3O4/c1-5(2)8(9(15)16)13-10(17)12-6-3-7(14)11-4-6/h5-6,8H,3-4H2,1-2H3,(H,11,14)(H,15,16)(H2,12,13,17). The van der Waals surface area contributed by atoms with Crippen LogP contribution in [0.1, 0.15) is 20.3 Å². The summed E-state index contributed by atoms with van der Waals surface area (Å²) >= 11 is 0. The molecule has 4 N–H and O–H groups in total. The van der Waals surface area contributed by atoms with Crippen LogP contribution in [0.5, 0.6) is 0 Å². The number of nitrogens with one attached hydrogen (secondary N) is 3. The van der Waals surface area contributed by atoms with E-state index in [-0.39, 0.29) is 24.3 Å². The first-order valence-electron chi connectivity index (χ1n) is 5.46. The van der Waals surface area contributed by atoms with Crippen molar-refractivity contribution in [2.24, 2.45) is 5.92 Å². The summed E-state index contributed by atoms with van der Waals surface area (Å²) in [6, 6.07) is -1.77. The number of aliphatic carboxylic acids is 1. The molecule has 3 amide bonds. The van der Waals surface area contributed by atoms with Crippen LogP contribution in [-0.2, 0) is 9.59 Å². The molecule has 0 aliphatic carbocycles. The van der Waals surface area contributed by atoms with Crippen molar-refractivity contribution in [1.29, 1.82) is 0 Å². The lowest BCUT2D eigenvalue weighted by molar-refractivity contribution is -0.140. The Labute approximate surface area is 98.9 Å². The molecule has 1 rings (SSSR count). The molecule has 1 heterocycles. The summed E-state index contributed by atoms with van der Waals surface area (Å²) in [5, 5.41) is 16.4. The molecule has 0 aromatic heterocycles. The van der Waals surface area contributed by atoms with Crippen LogP contribution in [0.25, 0.3) is 0 Å². The predicted octanol–water partition coefficient (Wildman–Crippen LogP) is -0.717. The third-order valence-corrected chi connectivity index (χ3v) is 2.53. The average molecular weight is 243 g/mol. The summed E-state index contributed by atoms with van der Waals surface area (Å²) in [4.78, 5) is 33.3. The van der Waals surface area contributed by atoms with Crippen LogP contribution in [0.15, 0.2) is 0 Å². The molecule has 0 saturated carbocycles. The van der Waals surface area contributed by atoms with Crippen LogP contribution >= 0.6 is 0 Å². The summed E-state index contributed by atoms with van der Waals surface area (Å²) in [6.07, 6.45) is 0.229. The number of amides is 3. The Morgan fingerprint density at radius 2 is 2.12 bits per heavy atom. The quantitative estimate of drug-likeness (QED) is 0.522. The molecular formula is C10H17N3O4. The number of urea groups is 1. The van der Waals surface area contributed by atoms with Gasteiger partial charge in [0.05, 0.1) is 6.04 Å². The van der Waals surface area contributed by atoms with Crippen LogP contribution in [-0.4, -0.2) is 41.6 Å². The zero-order valence-corrected chi connectivity index (χ0v) is 9.82. The fraction of sp³-hybridized carbons (Fsp3) is 0.700. The van der Waals surface area contributed by atoms with E-state index in [0.29, 0.717) is 6.54 Å². The molecular weight excluding hydrogens is 226 g/mol. The first kappa shape index (κ1) is 13.3. The number of hydrogen-bond acceptors (Lipinski definition) is 3. The fourth-order valence-electron chi connectivity index (χ4n) is 1.59. The van der Waals surface area contributed by atoms with E-state index in [1.807, 2.05) is 0 Å². The van der Waals surface area contributed by atoms with E-state index >= 15 is 0 Å². The first-order chi connectivity index (χ1) is 7.90. The summed E-state index contributed by atoms with van der Waals surface area (Å²) in [5.74, 6) is -1.40. The molecule has 2 atom stereocenters. The Hall–Kier alpha value is -1.79. The number of carboxylic acid groups (broad SMARTS) is 1. The number of carboxylic acids is 1. The average Bonchev–Trinajstić information content (AvgIpc) is 2.59. The van der Waals surface area contributed by atoms with Crippen LogP contribution in [0, 0.1) is 5.92 Å². The van der Waals surface area contributed by atoms with E-state index in [1.165, 1.54) is 0 Å². The molecule has 0 bridgehead atoms. The van der Waals surface area contributed by atoms with Crippen LogP contribution in [0.3, 0.4) is 0 Å². The zero-order chi connectivity index (χ0) is 13.0. The topological polar surface area (TPSA) is 108 Å². The smallest absolute Gasteiger partial charge is 0.326 e. The molecule has 0 spiro atoms. The van der Waals surface area contributed by atoms with Crippen LogP contribution in [0.2, 0.25) is 0 Å². The predicted molar refractivity (Wildman–Crippen MR) is 59.3 cm³/mol. The molecule has 2 unspecified atom stereocenters.